The molecule has 1 heterocycles. The first-order valence-corrected chi connectivity index (χ1v) is 8.98. The van der Waals surface area contributed by atoms with Gasteiger partial charge >= 0.3 is 0 Å². The number of methoxy groups -OCH3 is 1. The molecule has 0 amide bonds. The molecule has 7 heteroatoms. The third-order valence-electron chi connectivity index (χ3n) is 4.30. The lowest BCUT2D eigenvalue weighted by atomic mass is 10.0. The van der Waals surface area contributed by atoms with Crippen LogP contribution in [0.5, 0.6) is 11.5 Å². The summed E-state index contributed by atoms with van der Waals surface area (Å²) in [6.07, 6.45) is 3.17. The monoisotopic (exact) mass is 477 g/mol. The second-order valence-corrected chi connectivity index (χ2v) is 6.51. The highest BCUT2D eigenvalue weighted by Gasteiger charge is 2.29. The van der Waals surface area contributed by atoms with Gasteiger partial charge < -0.3 is 24.8 Å². The number of rotatable bonds is 8. The van der Waals surface area contributed by atoms with Crippen molar-refractivity contribution in [2.75, 3.05) is 33.9 Å². The number of nitrogens with zero attached hydrogens (tertiary/aromatic N) is 1. The van der Waals surface area contributed by atoms with Crippen LogP contribution in [0, 0.1) is 0 Å². The van der Waals surface area contributed by atoms with Crippen molar-refractivity contribution in [1.29, 1.82) is 0 Å². The zero-order valence-corrected chi connectivity index (χ0v) is 18.6. The summed E-state index contributed by atoms with van der Waals surface area (Å²) < 4.78 is 16.9. The Morgan fingerprint density at radius 3 is 2.73 bits per heavy atom. The number of guanidine groups is 1. The molecule has 148 valence electrons. The third-order valence-corrected chi connectivity index (χ3v) is 4.30. The SMILES string of the molecule is CCCOc1ccc(CNC(=NC)NCC2(C)CCCO2)cc1OC.I. The summed E-state index contributed by atoms with van der Waals surface area (Å²) in [5.74, 6) is 2.30. The van der Waals surface area contributed by atoms with Gasteiger partial charge in [-0.25, -0.2) is 0 Å². The first kappa shape index (κ1) is 22.8. The predicted molar refractivity (Wildman–Crippen MR) is 116 cm³/mol. The van der Waals surface area contributed by atoms with Crippen LogP contribution in [0.3, 0.4) is 0 Å². The molecule has 0 spiro atoms. The molecule has 1 aliphatic rings. The maximum atomic E-state index is 5.80. The number of nitrogens with one attached hydrogen (secondary N) is 2. The van der Waals surface area contributed by atoms with Crippen LogP contribution in [-0.2, 0) is 11.3 Å². The van der Waals surface area contributed by atoms with Crippen LogP contribution in [0.15, 0.2) is 23.2 Å². The van der Waals surface area contributed by atoms with Crippen molar-refractivity contribution in [3.63, 3.8) is 0 Å². The van der Waals surface area contributed by atoms with Crippen molar-refractivity contribution in [2.24, 2.45) is 4.99 Å². The fourth-order valence-corrected chi connectivity index (χ4v) is 2.81. The van der Waals surface area contributed by atoms with Gasteiger partial charge in [0.1, 0.15) is 0 Å². The van der Waals surface area contributed by atoms with Gasteiger partial charge in [0, 0.05) is 26.7 Å². The Morgan fingerprint density at radius 1 is 1.31 bits per heavy atom. The molecule has 1 fully saturated rings. The van der Waals surface area contributed by atoms with Gasteiger partial charge in [0.05, 0.1) is 19.3 Å². The fourth-order valence-electron chi connectivity index (χ4n) is 2.81. The Balaban J connectivity index is 0.00000338. The largest absolute Gasteiger partial charge is 0.493 e. The number of aliphatic imine (C=N–C) groups is 1. The zero-order chi connectivity index (χ0) is 18.1. The van der Waals surface area contributed by atoms with Crippen molar-refractivity contribution in [3.8, 4) is 11.5 Å². The summed E-state index contributed by atoms with van der Waals surface area (Å²) in [6, 6.07) is 5.98. The van der Waals surface area contributed by atoms with Gasteiger partial charge in [0.25, 0.3) is 0 Å². The molecule has 2 N–H and O–H groups in total. The first-order chi connectivity index (χ1) is 12.1. The van der Waals surface area contributed by atoms with Gasteiger partial charge in [-0.15, -0.1) is 24.0 Å². The number of ether oxygens (including phenoxy) is 3. The highest BCUT2D eigenvalue weighted by molar-refractivity contribution is 14.0. The highest BCUT2D eigenvalue weighted by atomic mass is 127. The lowest BCUT2D eigenvalue weighted by Gasteiger charge is -2.24. The number of hydrogen-bond donors (Lipinski definition) is 2. The molecule has 1 aliphatic heterocycles. The van der Waals surface area contributed by atoms with Gasteiger partial charge in [0.15, 0.2) is 17.5 Å². The van der Waals surface area contributed by atoms with E-state index in [0.29, 0.717) is 13.2 Å². The predicted octanol–water partition coefficient (Wildman–Crippen LogP) is 3.34. The molecule has 1 aromatic rings. The van der Waals surface area contributed by atoms with Crippen molar-refractivity contribution >= 4 is 29.9 Å². The minimum atomic E-state index is -0.0981. The Hall–Kier alpha value is -1.22. The lowest BCUT2D eigenvalue weighted by molar-refractivity contribution is 0.0243. The molecule has 2 rings (SSSR count). The molecule has 6 nitrogen and oxygen atoms in total. The van der Waals surface area contributed by atoms with Crippen LogP contribution >= 0.6 is 24.0 Å². The van der Waals surface area contributed by atoms with Crippen molar-refractivity contribution in [2.45, 2.75) is 45.3 Å². The molecule has 1 saturated heterocycles. The van der Waals surface area contributed by atoms with Crippen molar-refractivity contribution < 1.29 is 14.2 Å². The van der Waals surface area contributed by atoms with E-state index in [4.69, 9.17) is 14.2 Å². The average Bonchev–Trinajstić information content (AvgIpc) is 3.07. The molecule has 0 saturated carbocycles. The van der Waals surface area contributed by atoms with Crippen LogP contribution in [0.4, 0.5) is 0 Å². The Labute approximate surface area is 174 Å². The van der Waals surface area contributed by atoms with Gasteiger partial charge in [-0.05, 0) is 43.9 Å². The van der Waals surface area contributed by atoms with E-state index < -0.39 is 0 Å². The number of benzene rings is 1. The Morgan fingerprint density at radius 2 is 2.12 bits per heavy atom. The topological polar surface area (TPSA) is 64.1 Å². The summed E-state index contributed by atoms with van der Waals surface area (Å²) in [4.78, 5) is 4.28. The highest BCUT2D eigenvalue weighted by Crippen LogP contribution is 2.28. The Kier molecular flexibility index (Phi) is 10.1. The summed E-state index contributed by atoms with van der Waals surface area (Å²) in [5, 5.41) is 6.68. The van der Waals surface area contributed by atoms with Crippen LogP contribution in [0.25, 0.3) is 0 Å². The fraction of sp³-hybridized carbons (Fsp3) is 0.632. The molecule has 0 bridgehead atoms. The molecule has 0 aromatic heterocycles. The van der Waals surface area contributed by atoms with Crippen molar-refractivity contribution in [1.82, 2.24) is 10.6 Å². The van der Waals surface area contributed by atoms with E-state index in [1.54, 1.807) is 14.2 Å². The van der Waals surface area contributed by atoms with Crippen LogP contribution in [-0.4, -0.2) is 45.5 Å². The van der Waals surface area contributed by atoms with E-state index in [2.05, 4.69) is 29.5 Å². The van der Waals surface area contributed by atoms with Crippen molar-refractivity contribution in [3.05, 3.63) is 23.8 Å². The van der Waals surface area contributed by atoms with Crippen LogP contribution < -0.4 is 20.1 Å². The van der Waals surface area contributed by atoms with E-state index in [1.165, 1.54) is 0 Å². The summed E-state index contributed by atoms with van der Waals surface area (Å²) >= 11 is 0. The molecular weight excluding hydrogens is 445 g/mol. The second-order valence-electron chi connectivity index (χ2n) is 6.51. The average molecular weight is 477 g/mol. The molecule has 1 aromatic carbocycles. The molecular formula is C19H32IN3O3. The van der Waals surface area contributed by atoms with E-state index >= 15 is 0 Å². The van der Waals surface area contributed by atoms with E-state index in [9.17, 15) is 0 Å². The number of halogens is 1. The van der Waals surface area contributed by atoms with E-state index in [0.717, 1.165) is 55.4 Å². The summed E-state index contributed by atoms with van der Waals surface area (Å²) in [5.41, 5.74) is 1.01. The first-order valence-electron chi connectivity index (χ1n) is 8.98. The normalized spacial score (nSPS) is 19.6. The summed E-state index contributed by atoms with van der Waals surface area (Å²) in [7, 11) is 3.43. The molecule has 1 atom stereocenters. The van der Waals surface area contributed by atoms with Gasteiger partial charge in [-0.1, -0.05) is 13.0 Å². The van der Waals surface area contributed by atoms with Crippen LogP contribution in [0.2, 0.25) is 0 Å². The zero-order valence-electron chi connectivity index (χ0n) is 16.3. The van der Waals surface area contributed by atoms with Gasteiger partial charge in [0.2, 0.25) is 0 Å². The maximum Gasteiger partial charge on any atom is 0.191 e. The molecule has 1 unspecified atom stereocenters. The molecule has 26 heavy (non-hydrogen) atoms. The molecule has 0 aliphatic carbocycles. The second kappa shape index (κ2) is 11.5. The third kappa shape index (κ3) is 6.83. The minimum absolute atomic E-state index is 0. The van der Waals surface area contributed by atoms with E-state index in [-0.39, 0.29) is 29.6 Å². The van der Waals surface area contributed by atoms with Gasteiger partial charge in [-0.3, -0.25) is 4.99 Å². The standard InChI is InChI=1S/C19H31N3O3.HI/c1-5-10-24-16-8-7-15(12-17(16)23-4)13-21-18(20-3)22-14-19(2)9-6-11-25-19;/h7-8,12H,5-6,9-11,13-14H2,1-4H3,(H2,20,21,22);1H. The van der Waals surface area contributed by atoms with Gasteiger partial charge in [-0.2, -0.15) is 0 Å². The quantitative estimate of drug-likeness (QED) is 0.342. The summed E-state index contributed by atoms with van der Waals surface area (Å²) in [6.45, 7) is 7.16. The maximum absolute atomic E-state index is 5.80. The molecule has 0 radical (unpaired) electrons. The Bertz CT molecular complexity index is 575. The van der Waals surface area contributed by atoms with E-state index in [1.807, 2.05) is 18.2 Å². The number of hydrogen-bond acceptors (Lipinski definition) is 4. The lowest BCUT2D eigenvalue weighted by Crippen LogP contribution is -2.45. The van der Waals surface area contributed by atoms with Crippen LogP contribution in [0.1, 0.15) is 38.7 Å². The minimum Gasteiger partial charge on any atom is -0.493 e. The smallest absolute Gasteiger partial charge is 0.191 e.